The van der Waals surface area contributed by atoms with Gasteiger partial charge in [-0.3, -0.25) is 0 Å². The van der Waals surface area contributed by atoms with Gasteiger partial charge >= 0.3 is 11.9 Å². The van der Waals surface area contributed by atoms with E-state index in [-0.39, 0.29) is 19.3 Å². The van der Waals surface area contributed by atoms with Crippen molar-refractivity contribution in [1.82, 2.24) is 0 Å². The molecule has 5 nitrogen and oxygen atoms in total. The molecule has 0 amide bonds. The molecule has 0 aliphatic heterocycles. The Kier molecular flexibility index (Phi) is 23.7. The quantitative estimate of drug-likeness (QED) is 0.111. The Bertz CT molecular complexity index is 424. The maximum atomic E-state index is 11.7. The summed E-state index contributed by atoms with van der Waals surface area (Å²) in [6.07, 6.45) is 22.2. The first-order valence-corrected chi connectivity index (χ1v) is 13.5. The van der Waals surface area contributed by atoms with Crippen molar-refractivity contribution < 1.29 is 23.8 Å². The molecule has 190 valence electrons. The lowest BCUT2D eigenvalue weighted by atomic mass is 10.0. The van der Waals surface area contributed by atoms with Crippen LogP contribution in [-0.2, 0) is 23.8 Å². The van der Waals surface area contributed by atoms with Gasteiger partial charge in [0.2, 0.25) is 0 Å². The Balaban J connectivity index is 3.36. The summed E-state index contributed by atoms with van der Waals surface area (Å²) in [6, 6.07) is 0. The van der Waals surface area contributed by atoms with E-state index < -0.39 is 11.9 Å². The van der Waals surface area contributed by atoms with Crippen LogP contribution >= 0.6 is 0 Å². The predicted molar refractivity (Wildman–Crippen MR) is 132 cm³/mol. The number of unbranched alkanes of at least 4 members (excludes halogenated alkanes) is 15. The zero-order valence-corrected chi connectivity index (χ0v) is 21.5. The first-order valence-electron chi connectivity index (χ1n) is 13.5. The van der Waals surface area contributed by atoms with Gasteiger partial charge < -0.3 is 14.2 Å². The molecule has 0 bridgehead atoms. The topological polar surface area (TPSA) is 61.8 Å². The molecule has 5 heteroatoms. The van der Waals surface area contributed by atoms with Gasteiger partial charge in [-0.1, -0.05) is 110 Å². The van der Waals surface area contributed by atoms with Gasteiger partial charge in [-0.2, -0.15) is 0 Å². The normalized spacial score (nSPS) is 12.0. The second-order valence-electron chi connectivity index (χ2n) is 9.11. The molecule has 0 saturated carbocycles. The number of esters is 2. The van der Waals surface area contributed by atoms with Crippen molar-refractivity contribution in [3.8, 4) is 0 Å². The fraction of sp³-hybridized carbons (Fsp3) is 0.926. The fourth-order valence-electron chi connectivity index (χ4n) is 3.74. The van der Waals surface area contributed by atoms with Gasteiger partial charge in [-0.05, 0) is 26.2 Å². The number of carbonyl (C=O) groups is 2. The molecule has 0 saturated heterocycles. The molecule has 0 spiro atoms. The molecule has 0 fully saturated rings. The lowest BCUT2D eigenvalue weighted by Crippen LogP contribution is -2.22. The van der Waals surface area contributed by atoms with Crippen LogP contribution in [0.25, 0.3) is 0 Å². The average Bonchev–Trinajstić information content (AvgIpc) is 2.77. The summed E-state index contributed by atoms with van der Waals surface area (Å²) in [6.45, 7) is 6.36. The van der Waals surface area contributed by atoms with E-state index in [1.165, 1.54) is 89.9 Å². The van der Waals surface area contributed by atoms with Gasteiger partial charge in [0.05, 0.1) is 12.7 Å². The lowest BCUT2D eigenvalue weighted by molar-refractivity contribution is -0.158. The monoisotopic (exact) mass is 456 g/mol. The zero-order valence-electron chi connectivity index (χ0n) is 21.5. The highest BCUT2D eigenvalue weighted by Gasteiger charge is 2.11. The molecule has 1 unspecified atom stereocenters. The SMILES string of the molecule is CCCCCCCCCCCCCCCOC(=O)COCC(=O)OC(C)CCCCCC. The van der Waals surface area contributed by atoms with Gasteiger partial charge in [0, 0.05) is 0 Å². The molecule has 0 aromatic rings. The van der Waals surface area contributed by atoms with Crippen molar-refractivity contribution in [3.05, 3.63) is 0 Å². The number of ether oxygens (including phenoxy) is 3. The Morgan fingerprint density at radius 3 is 1.56 bits per heavy atom. The molecular formula is C27H52O5. The van der Waals surface area contributed by atoms with Crippen LogP contribution in [0.15, 0.2) is 0 Å². The third kappa shape index (κ3) is 23.6. The van der Waals surface area contributed by atoms with Crippen molar-refractivity contribution in [2.45, 2.75) is 142 Å². The highest BCUT2D eigenvalue weighted by atomic mass is 16.6. The summed E-state index contributed by atoms with van der Waals surface area (Å²) < 4.78 is 15.6. The molecule has 0 aromatic heterocycles. The van der Waals surface area contributed by atoms with Crippen LogP contribution in [-0.4, -0.2) is 37.9 Å². The van der Waals surface area contributed by atoms with Gasteiger partial charge in [-0.25, -0.2) is 9.59 Å². The smallest absolute Gasteiger partial charge is 0.332 e. The minimum atomic E-state index is -0.419. The van der Waals surface area contributed by atoms with Crippen LogP contribution in [0.1, 0.15) is 136 Å². The molecule has 1 atom stereocenters. The van der Waals surface area contributed by atoms with E-state index in [9.17, 15) is 9.59 Å². The van der Waals surface area contributed by atoms with Crippen molar-refractivity contribution in [2.24, 2.45) is 0 Å². The van der Waals surface area contributed by atoms with Crippen LogP contribution in [0.3, 0.4) is 0 Å². The third-order valence-electron chi connectivity index (χ3n) is 5.75. The fourth-order valence-corrected chi connectivity index (χ4v) is 3.74. The Hall–Kier alpha value is -1.10. The summed E-state index contributed by atoms with van der Waals surface area (Å²) >= 11 is 0. The van der Waals surface area contributed by atoms with E-state index in [4.69, 9.17) is 14.2 Å². The van der Waals surface area contributed by atoms with Gasteiger partial charge in [0.1, 0.15) is 13.2 Å². The van der Waals surface area contributed by atoms with E-state index in [0.717, 1.165) is 25.7 Å². The van der Waals surface area contributed by atoms with E-state index >= 15 is 0 Å². The van der Waals surface area contributed by atoms with Gasteiger partial charge in [0.15, 0.2) is 0 Å². The van der Waals surface area contributed by atoms with E-state index in [1.807, 2.05) is 6.92 Å². The minimum absolute atomic E-state index is 0.106. The highest BCUT2D eigenvalue weighted by molar-refractivity contribution is 5.73. The molecule has 0 heterocycles. The van der Waals surface area contributed by atoms with Crippen LogP contribution in [0.4, 0.5) is 0 Å². The maximum Gasteiger partial charge on any atom is 0.332 e. The van der Waals surface area contributed by atoms with E-state index in [2.05, 4.69) is 13.8 Å². The lowest BCUT2D eigenvalue weighted by Gasteiger charge is -2.13. The molecule has 0 rings (SSSR count). The van der Waals surface area contributed by atoms with Crippen molar-refractivity contribution >= 4 is 11.9 Å². The second-order valence-corrected chi connectivity index (χ2v) is 9.11. The van der Waals surface area contributed by atoms with Crippen molar-refractivity contribution in [1.29, 1.82) is 0 Å². The molecular weight excluding hydrogens is 404 g/mol. The Morgan fingerprint density at radius 1 is 0.594 bits per heavy atom. The summed E-state index contributed by atoms with van der Waals surface area (Å²) in [5.74, 6) is -0.832. The molecule has 32 heavy (non-hydrogen) atoms. The number of hydrogen-bond acceptors (Lipinski definition) is 5. The highest BCUT2D eigenvalue weighted by Crippen LogP contribution is 2.12. The standard InChI is InChI=1S/C27H52O5/c1-4-6-8-10-11-12-13-14-15-16-17-18-20-22-31-26(28)23-30-24-27(29)32-25(3)21-19-9-7-5-2/h25H,4-24H2,1-3H3. The zero-order chi connectivity index (χ0) is 23.7. The van der Waals surface area contributed by atoms with Crippen LogP contribution in [0.5, 0.6) is 0 Å². The Labute approximate surface area is 198 Å². The van der Waals surface area contributed by atoms with E-state index in [1.54, 1.807) is 0 Å². The predicted octanol–water partition coefficient (Wildman–Crippen LogP) is 7.54. The summed E-state index contributed by atoms with van der Waals surface area (Å²) in [5, 5.41) is 0. The number of carbonyl (C=O) groups excluding carboxylic acids is 2. The largest absolute Gasteiger partial charge is 0.464 e. The molecule has 0 radical (unpaired) electrons. The third-order valence-corrected chi connectivity index (χ3v) is 5.75. The molecule has 0 aliphatic rings. The van der Waals surface area contributed by atoms with Crippen LogP contribution in [0, 0.1) is 0 Å². The molecule has 0 N–H and O–H groups in total. The summed E-state index contributed by atoms with van der Waals surface area (Å²) in [7, 11) is 0. The average molecular weight is 457 g/mol. The van der Waals surface area contributed by atoms with Crippen LogP contribution in [0.2, 0.25) is 0 Å². The summed E-state index contributed by atoms with van der Waals surface area (Å²) in [5.41, 5.74) is 0. The minimum Gasteiger partial charge on any atom is -0.464 e. The van der Waals surface area contributed by atoms with Crippen LogP contribution < -0.4 is 0 Å². The van der Waals surface area contributed by atoms with Gasteiger partial charge in [0.25, 0.3) is 0 Å². The van der Waals surface area contributed by atoms with Gasteiger partial charge in [-0.15, -0.1) is 0 Å². The van der Waals surface area contributed by atoms with E-state index in [0.29, 0.717) is 6.61 Å². The first-order chi connectivity index (χ1) is 15.6. The summed E-state index contributed by atoms with van der Waals surface area (Å²) in [4.78, 5) is 23.4. The van der Waals surface area contributed by atoms with Crippen molar-refractivity contribution in [3.63, 3.8) is 0 Å². The maximum absolute atomic E-state index is 11.7. The molecule has 0 aromatic carbocycles. The number of rotatable bonds is 24. The molecule has 0 aliphatic carbocycles. The first kappa shape index (κ1) is 30.9. The number of hydrogen-bond donors (Lipinski definition) is 0. The Morgan fingerprint density at radius 2 is 1.03 bits per heavy atom. The second kappa shape index (κ2) is 24.5. The van der Waals surface area contributed by atoms with Crippen molar-refractivity contribution in [2.75, 3.05) is 19.8 Å².